The van der Waals surface area contributed by atoms with E-state index in [2.05, 4.69) is 29.4 Å². The van der Waals surface area contributed by atoms with Gasteiger partial charge in [0.25, 0.3) is 5.91 Å². The van der Waals surface area contributed by atoms with Gasteiger partial charge < -0.3 is 11.1 Å². The second-order valence-corrected chi connectivity index (χ2v) is 4.33. The molecule has 0 radical (unpaired) electrons. The summed E-state index contributed by atoms with van der Waals surface area (Å²) >= 11 is 0. The number of carbonyl (C=O) groups is 1. The number of hydrogen-bond donors (Lipinski definition) is 2. The molecule has 0 unspecified atom stereocenters. The number of aryl methyl sites for hydroxylation is 1. The summed E-state index contributed by atoms with van der Waals surface area (Å²) in [6.07, 6.45) is 2.54. The van der Waals surface area contributed by atoms with Gasteiger partial charge in [0.1, 0.15) is 5.69 Å². The first-order valence-electron chi connectivity index (χ1n) is 6.26. The molecule has 0 saturated carbocycles. The van der Waals surface area contributed by atoms with E-state index in [9.17, 15) is 4.79 Å². The molecular formula is C15H17N3O. The number of pyridine rings is 1. The summed E-state index contributed by atoms with van der Waals surface area (Å²) < 4.78 is 0. The van der Waals surface area contributed by atoms with Gasteiger partial charge in [0.2, 0.25) is 0 Å². The lowest BCUT2D eigenvalue weighted by Gasteiger charge is -2.06. The van der Waals surface area contributed by atoms with Crippen molar-refractivity contribution in [1.82, 2.24) is 10.3 Å². The van der Waals surface area contributed by atoms with Crippen LogP contribution in [0.15, 0.2) is 42.6 Å². The van der Waals surface area contributed by atoms with Gasteiger partial charge in [0, 0.05) is 18.4 Å². The quantitative estimate of drug-likeness (QED) is 0.879. The minimum absolute atomic E-state index is 0.216. The van der Waals surface area contributed by atoms with Crippen LogP contribution in [0.25, 0.3) is 0 Å². The second-order valence-electron chi connectivity index (χ2n) is 4.33. The van der Waals surface area contributed by atoms with Crippen molar-refractivity contribution < 1.29 is 4.79 Å². The largest absolute Gasteiger partial charge is 0.399 e. The van der Waals surface area contributed by atoms with Crippen molar-refractivity contribution in [3.8, 4) is 0 Å². The summed E-state index contributed by atoms with van der Waals surface area (Å²) in [6, 6.07) is 11.4. The van der Waals surface area contributed by atoms with Crippen LogP contribution in [0.2, 0.25) is 0 Å². The lowest BCUT2D eigenvalue weighted by atomic mass is 10.1. The number of carbonyl (C=O) groups excluding carboxylic acids is 1. The van der Waals surface area contributed by atoms with E-state index in [1.54, 1.807) is 12.1 Å². The average Bonchev–Trinajstić information content (AvgIpc) is 2.45. The molecule has 4 heteroatoms. The van der Waals surface area contributed by atoms with Crippen LogP contribution in [0.5, 0.6) is 0 Å². The first-order valence-corrected chi connectivity index (χ1v) is 6.26. The van der Waals surface area contributed by atoms with E-state index in [0.29, 0.717) is 17.9 Å². The van der Waals surface area contributed by atoms with Crippen molar-refractivity contribution in [2.75, 3.05) is 5.73 Å². The summed E-state index contributed by atoms with van der Waals surface area (Å²) in [4.78, 5) is 15.9. The molecule has 1 amide bonds. The van der Waals surface area contributed by atoms with Crippen LogP contribution in [-0.4, -0.2) is 10.9 Å². The van der Waals surface area contributed by atoms with Crippen LogP contribution < -0.4 is 11.1 Å². The van der Waals surface area contributed by atoms with Crippen LogP contribution in [0.1, 0.15) is 28.5 Å². The number of rotatable bonds is 4. The van der Waals surface area contributed by atoms with Gasteiger partial charge in [-0.05, 0) is 29.7 Å². The molecule has 19 heavy (non-hydrogen) atoms. The van der Waals surface area contributed by atoms with Crippen molar-refractivity contribution >= 4 is 11.6 Å². The fraction of sp³-hybridized carbons (Fsp3) is 0.200. The van der Waals surface area contributed by atoms with Crippen LogP contribution >= 0.6 is 0 Å². The monoisotopic (exact) mass is 255 g/mol. The molecule has 0 spiro atoms. The molecule has 2 aromatic rings. The molecule has 0 fully saturated rings. The highest BCUT2D eigenvalue weighted by molar-refractivity contribution is 5.92. The fourth-order valence-corrected chi connectivity index (χ4v) is 1.74. The van der Waals surface area contributed by atoms with Crippen LogP contribution in [0.4, 0.5) is 5.69 Å². The van der Waals surface area contributed by atoms with E-state index in [4.69, 9.17) is 5.73 Å². The number of aromatic nitrogens is 1. The highest BCUT2D eigenvalue weighted by Crippen LogP contribution is 2.06. The zero-order valence-corrected chi connectivity index (χ0v) is 10.9. The van der Waals surface area contributed by atoms with Gasteiger partial charge >= 0.3 is 0 Å². The Labute approximate surface area is 112 Å². The van der Waals surface area contributed by atoms with E-state index >= 15 is 0 Å². The molecule has 4 nitrogen and oxygen atoms in total. The van der Waals surface area contributed by atoms with Crippen LogP contribution in [0.3, 0.4) is 0 Å². The summed E-state index contributed by atoms with van der Waals surface area (Å²) in [5, 5.41) is 2.82. The van der Waals surface area contributed by atoms with Gasteiger partial charge in [-0.3, -0.25) is 9.78 Å². The molecule has 0 atom stereocenters. The molecule has 2 rings (SSSR count). The molecule has 98 valence electrons. The van der Waals surface area contributed by atoms with E-state index in [0.717, 1.165) is 12.0 Å². The number of nitrogens with zero attached hydrogens (tertiary/aromatic N) is 1. The number of nitrogens with one attached hydrogen (secondary N) is 1. The van der Waals surface area contributed by atoms with Gasteiger partial charge in [-0.1, -0.05) is 31.2 Å². The highest BCUT2D eigenvalue weighted by atomic mass is 16.1. The van der Waals surface area contributed by atoms with E-state index < -0.39 is 0 Å². The minimum Gasteiger partial charge on any atom is -0.399 e. The zero-order valence-electron chi connectivity index (χ0n) is 10.9. The van der Waals surface area contributed by atoms with Gasteiger partial charge in [0.15, 0.2) is 0 Å². The Morgan fingerprint density at radius 3 is 2.53 bits per heavy atom. The molecule has 0 saturated heterocycles. The van der Waals surface area contributed by atoms with Crippen molar-refractivity contribution in [2.24, 2.45) is 0 Å². The third-order valence-electron chi connectivity index (χ3n) is 2.90. The smallest absolute Gasteiger partial charge is 0.270 e. The molecule has 0 aliphatic rings. The van der Waals surface area contributed by atoms with E-state index in [1.165, 1.54) is 11.8 Å². The molecular weight excluding hydrogens is 238 g/mol. The zero-order chi connectivity index (χ0) is 13.7. The minimum atomic E-state index is -0.216. The summed E-state index contributed by atoms with van der Waals surface area (Å²) in [5.41, 5.74) is 8.84. The molecule has 0 aliphatic heterocycles. The molecule has 0 aliphatic carbocycles. The SMILES string of the molecule is CCc1ccc(CNC(=O)c2cc(N)ccn2)cc1. The first-order chi connectivity index (χ1) is 9.19. The Morgan fingerprint density at radius 2 is 1.89 bits per heavy atom. The van der Waals surface area contributed by atoms with Gasteiger partial charge in [-0.2, -0.15) is 0 Å². The number of hydrogen-bond acceptors (Lipinski definition) is 3. The van der Waals surface area contributed by atoms with E-state index in [-0.39, 0.29) is 5.91 Å². The van der Waals surface area contributed by atoms with Crippen molar-refractivity contribution in [3.63, 3.8) is 0 Å². The number of nitrogens with two attached hydrogens (primary N) is 1. The third kappa shape index (κ3) is 3.55. The van der Waals surface area contributed by atoms with Gasteiger partial charge in [0.05, 0.1) is 0 Å². The van der Waals surface area contributed by atoms with Crippen molar-refractivity contribution in [2.45, 2.75) is 19.9 Å². The molecule has 1 aromatic heterocycles. The molecule has 0 bridgehead atoms. The third-order valence-corrected chi connectivity index (χ3v) is 2.90. The summed E-state index contributed by atoms with van der Waals surface area (Å²) in [7, 11) is 0. The van der Waals surface area contributed by atoms with Crippen molar-refractivity contribution in [1.29, 1.82) is 0 Å². The molecule has 3 N–H and O–H groups in total. The maximum absolute atomic E-state index is 11.9. The summed E-state index contributed by atoms with van der Waals surface area (Å²) in [6.45, 7) is 2.60. The maximum atomic E-state index is 11.9. The molecule has 1 aromatic carbocycles. The van der Waals surface area contributed by atoms with Crippen LogP contribution in [0, 0.1) is 0 Å². The van der Waals surface area contributed by atoms with Gasteiger partial charge in [-0.15, -0.1) is 0 Å². The standard InChI is InChI=1S/C15H17N3O/c1-2-11-3-5-12(6-4-11)10-18-15(19)14-9-13(16)7-8-17-14/h3-9H,2,10H2,1H3,(H2,16,17)(H,18,19). The predicted octanol–water partition coefficient (Wildman–Crippen LogP) is 2.16. The number of benzene rings is 1. The lowest BCUT2D eigenvalue weighted by molar-refractivity contribution is 0.0946. The van der Waals surface area contributed by atoms with Crippen molar-refractivity contribution in [3.05, 3.63) is 59.4 Å². The van der Waals surface area contributed by atoms with Crippen LogP contribution in [-0.2, 0) is 13.0 Å². The van der Waals surface area contributed by atoms with E-state index in [1.807, 2.05) is 12.1 Å². The predicted molar refractivity (Wildman–Crippen MR) is 75.6 cm³/mol. The fourth-order valence-electron chi connectivity index (χ4n) is 1.74. The highest BCUT2D eigenvalue weighted by Gasteiger charge is 2.06. The normalized spacial score (nSPS) is 10.2. The Balaban J connectivity index is 1.96. The van der Waals surface area contributed by atoms with Gasteiger partial charge in [-0.25, -0.2) is 0 Å². The second kappa shape index (κ2) is 6.00. The Kier molecular flexibility index (Phi) is 4.13. The molecule has 1 heterocycles. The Bertz CT molecular complexity index is 564. The maximum Gasteiger partial charge on any atom is 0.270 e. The first kappa shape index (κ1) is 13.1. The topological polar surface area (TPSA) is 68.0 Å². The number of amides is 1. The number of nitrogen functional groups attached to an aromatic ring is 1. The Morgan fingerprint density at radius 1 is 1.21 bits per heavy atom. The Hall–Kier alpha value is -2.36. The average molecular weight is 255 g/mol. The number of anilines is 1. The lowest BCUT2D eigenvalue weighted by Crippen LogP contribution is -2.23. The summed E-state index contributed by atoms with van der Waals surface area (Å²) in [5.74, 6) is -0.216.